The maximum absolute atomic E-state index is 13.4. The fraction of sp³-hybridized carbons (Fsp3) is 0.789. The standard InChI is InChI=1S/C19H24O8/c1-16(25)5-7(20)13(23)17(2)8(16)4-9(21)19-6-26-18(3)12(19)15(24)27-14(18)10(22)11(17)19/h4,7,10-14,20,22-23,25H,5-6H2,1-3H3. The number of hydrogen-bond donors (Lipinski definition) is 4. The van der Waals surface area contributed by atoms with E-state index in [2.05, 4.69) is 0 Å². The lowest BCUT2D eigenvalue weighted by Crippen LogP contribution is -2.72. The van der Waals surface area contributed by atoms with Gasteiger partial charge in [-0.1, -0.05) is 6.92 Å². The number of ether oxygens (including phenoxy) is 2. The summed E-state index contributed by atoms with van der Waals surface area (Å²) in [7, 11) is 0. The minimum absolute atomic E-state index is 0.0787. The molecule has 0 radical (unpaired) electrons. The molecule has 3 aliphatic carbocycles. The SMILES string of the molecule is CC1(O)CC(O)C(O)C2(C)C1=CC(=O)C13COC4(C)C(OC(=O)C41)C(O)C23. The minimum atomic E-state index is -1.53. The lowest BCUT2D eigenvalue weighted by Gasteiger charge is -2.61. The van der Waals surface area contributed by atoms with E-state index in [0.29, 0.717) is 0 Å². The van der Waals surface area contributed by atoms with Crippen LogP contribution in [0.5, 0.6) is 0 Å². The first kappa shape index (κ1) is 17.8. The Balaban J connectivity index is 1.82. The van der Waals surface area contributed by atoms with Gasteiger partial charge in [-0.15, -0.1) is 0 Å². The summed E-state index contributed by atoms with van der Waals surface area (Å²) in [6.07, 6.45) is -3.67. The van der Waals surface area contributed by atoms with E-state index in [9.17, 15) is 30.0 Å². The average Bonchev–Trinajstić information content (AvgIpc) is 2.94. The number of allylic oxidation sites excluding steroid dienone is 1. The first-order valence-electron chi connectivity index (χ1n) is 9.30. The number of aliphatic hydroxyl groups is 4. The maximum atomic E-state index is 13.4. The Hall–Kier alpha value is -1.32. The Morgan fingerprint density at radius 3 is 2.48 bits per heavy atom. The van der Waals surface area contributed by atoms with Crippen molar-refractivity contribution in [1.82, 2.24) is 0 Å². The van der Waals surface area contributed by atoms with Crippen molar-refractivity contribution in [3.8, 4) is 0 Å². The first-order valence-corrected chi connectivity index (χ1v) is 9.30. The molecule has 2 heterocycles. The third kappa shape index (κ3) is 1.61. The minimum Gasteiger partial charge on any atom is -0.456 e. The molecule has 4 bridgehead atoms. The number of fused-ring (bicyclic) bond motifs is 2. The van der Waals surface area contributed by atoms with E-state index >= 15 is 0 Å². The van der Waals surface area contributed by atoms with Gasteiger partial charge in [0.25, 0.3) is 0 Å². The van der Waals surface area contributed by atoms with Gasteiger partial charge in [-0.2, -0.15) is 0 Å². The van der Waals surface area contributed by atoms with Crippen molar-refractivity contribution in [3.05, 3.63) is 11.6 Å². The highest BCUT2D eigenvalue weighted by Gasteiger charge is 2.83. The molecule has 5 aliphatic rings. The van der Waals surface area contributed by atoms with Crippen LogP contribution < -0.4 is 0 Å². The summed E-state index contributed by atoms with van der Waals surface area (Å²) in [5.74, 6) is -2.84. The number of carbonyl (C=O) groups is 2. The fourth-order valence-corrected chi connectivity index (χ4v) is 7.06. The predicted molar refractivity (Wildman–Crippen MR) is 88.1 cm³/mol. The zero-order valence-electron chi connectivity index (χ0n) is 15.4. The quantitative estimate of drug-likeness (QED) is 0.381. The Bertz CT molecular complexity index is 804. The second-order valence-electron chi connectivity index (χ2n) is 9.47. The molecule has 1 spiro atoms. The maximum Gasteiger partial charge on any atom is 0.313 e. The van der Waals surface area contributed by atoms with Gasteiger partial charge in [0.2, 0.25) is 0 Å². The molecule has 0 aromatic carbocycles. The van der Waals surface area contributed by atoms with E-state index in [1.165, 1.54) is 13.0 Å². The number of ketones is 1. The molecule has 0 aromatic rings. The van der Waals surface area contributed by atoms with Crippen LogP contribution >= 0.6 is 0 Å². The number of hydrogen-bond acceptors (Lipinski definition) is 8. The van der Waals surface area contributed by atoms with Crippen LogP contribution in [0, 0.1) is 22.7 Å². The van der Waals surface area contributed by atoms with Crippen LogP contribution in [0.25, 0.3) is 0 Å². The molecule has 4 N–H and O–H groups in total. The van der Waals surface area contributed by atoms with E-state index in [1.54, 1.807) is 13.8 Å². The largest absolute Gasteiger partial charge is 0.456 e. The van der Waals surface area contributed by atoms with Gasteiger partial charge in [-0.05, 0) is 25.5 Å². The van der Waals surface area contributed by atoms with Crippen LogP contribution in [-0.2, 0) is 19.1 Å². The van der Waals surface area contributed by atoms with Crippen molar-refractivity contribution in [1.29, 1.82) is 0 Å². The second kappa shape index (κ2) is 4.63. The number of carbonyl (C=O) groups excluding carboxylic acids is 2. The molecule has 4 fully saturated rings. The highest BCUT2D eigenvalue weighted by atomic mass is 16.6. The van der Waals surface area contributed by atoms with E-state index in [4.69, 9.17) is 9.47 Å². The number of rotatable bonds is 0. The third-order valence-corrected chi connectivity index (χ3v) is 8.09. The van der Waals surface area contributed by atoms with Gasteiger partial charge < -0.3 is 29.9 Å². The molecule has 2 aliphatic heterocycles. The van der Waals surface area contributed by atoms with Crippen molar-refractivity contribution in [2.24, 2.45) is 22.7 Å². The van der Waals surface area contributed by atoms with E-state index in [0.717, 1.165) is 0 Å². The van der Waals surface area contributed by atoms with Crippen molar-refractivity contribution in [3.63, 3.8) is 0 Å². The van der Waals surface area contributed by atoms with Crippen molar-refractivity contribution >= 4 is 11.8 Å². The van der Waals surface area contributed by atoms with Gasteiger partial charge in [0.1, 0.15) is 11.5 Å². The van der Waals surface area contributed by atoms with Crippen LogP contribution in [0.2, 0.25) is 0 Å². The van der Waals surface area contributed by atoms with Crippen LogP contribution in [0.1, 0.15) is 27.2 Å². The monoisotopic (exact) mass is 380 g/mol. The molecular weight excluding hydrogens is 356 g/mol. The predicted octanol–water partition coefficient (Wildman–Crippen LogP) is -1.31. The number of aliphatic hydroxyl groups excluding tert-OH is 3. The van der Waals surface area contributed by atoms with Crippen molar-refractivity contribution in [2.45, 2.75) is 62.8 Å². The molecule has 27 heavy (non-hydrogen) atoms. The van der Waals surface area contributed by atoms with Gasteiger partial charge in [-0.25, -0.2) is 0 Å². The van der Waals surface area contributed by atoms with Gasteiger partial charge >= 0.3 is 5.97 Å². The topological polar surface area (TPSA) is 134 Å². The zero-order chi connectivity index (χ0) is 19.7. The first-order chi connectivity index (χ1) is 12.4. The van der Waals surface area contributed by atoms with E-state index in [-0.39, 0.29) is 18.6 Å². The summed E-state index contributed by atoms with van der Waals surface area (Å²) >= 11 is 0. The molecule has 2 saturated carbocycles. The summed E-state index contributed by atoms with van der Waals surface area (Å²) in [6, 6.07) is 0. The molecule has 5 rings (SSSR count). The van der Waals surface area contributed by atoms with Gasteiger partial charge in [0.05, 0.1) is 35.9 Å². The molecule has 0 aromatic heterocycles. The average molecular weight is 380 g/mol. The molecule has 0 amide bonds. The van der Waals surface area contributed by atoms with Crippen LogP contribution in [0.4, 0.5) is 0 Å². The molecule has 10 atom stereocenters. The van der Waals surface area contributed by atoms with Gasteiger partial charge in [0.15, 0.2) is 11.9 Å². The van der Waals surface area contributed by atoms with Crippen LogP contribution in [0.3, 0.4) is 0 Å². The Kier molecular flexibility index (Phi) is 3.04. The summed E-state index contributed by atoms with van der Waals surface area (Å²) < 4.78 is 11.3. The number of esters is 1. The van der Waals surface area contributed by atoms with Crippen LogP contribution in [-0.4, -0.2) is 74.4 Å². The zero-order valence-corrected chi connectivity index (χ0v) is 15.4. The summed E-state index contributed by atoms with van der Waals surface area (Å²) in [6.45, 7) is 4.70. The van der Waals surface area contributed by atoms with Crippen LogP contribution in [0.15, 0.2) is 11.6 Å². The smallest absolute Gasteiger partial charge is 0.313 e. The highest BCUT2D eigenvalue weighted by Crippen LogP contribution is 2.70. The third-order valence-electron chi connectivity index (χ3n) is 8.09. The fourth-order valence-electron chi connectivity index (χ4n) is 7.06. The van der Waals surface area contributed by atoms with Gasteiger partial charge in [0, 0.05) is 17.8 Å². The summed E-state index contributed by atoms with van der Waals surface area (Å²) in [5.41, 5.74) is -5.10. The Morgan fingerprint density at radius 1 is 1.15 bits per heavy atom. The van der Waals surface area contributed by atoms with E-state index < -0.39 is 70.0 Å². The second-order valence-corrected chi connectivity index (χ2v) is 9.47. The van der Waals surface area contributed by atoms with E-state index in [1.807, 2.05) is 0 Å². The molecule has 8 heteroatoms. The lowest BCUT2D eigenvalue weighted by molar-refractivity contribution is -0.204. The molecule has 8 nitrogen and oxygen atoms in total. The van der Waals surface area contributed by atoms with Crippen molar-refractivity contribution in [2.75, 3.05) is 6.61 Å². The van der Waals surface area contributed by atoms with Gasteiger partial charge in [-0.3, -0.25) is 9.59 Å². The molecule has 2 saturated heterocycles. The Morgan fingerprint density at radius 2 is 1.81 bits per heavy atom. The summed E-state index contributed by atoms with van der Waals surface area (Å²) in [4.78, 5) is 26.0. The van der Waals surface area contributed by atoms with Crippen molar-refractivity contribution < 1.29 is 39.5 Å². The Labute approximate surface area is 155 Å². The summed E-state index contributed by atoms with van der Waals surface area (Å²) in [5, 5.41) is 43.6. The lowest BCUT2D eigenvalue weighted by atomic mass is 9.41. The molecular formula is C19H24O8. The molecule has 10 unspecified atom stereocenters. The molecule has 148 valence electrons. The normalized spacial score (nSPS) is 61.2. The highest BCUT2D eigenvalue weighted by molar-refractivity contribution is 6.02.